The van der Waals surface area contributed by atoms with Crippen LogP contribution in [0.15, 0.2) is 24.3 Å². The first-order chi connectivity index (χ1) is 14.9. The van der Waals surface area contributed by atoms with Gasteiger partial charge in [0.2, 0.25) is 11.8 Å². The van der Waals surface area contributed by atoms with Gasteiger partial charge in [0.1, 0.15) is 18.2 Å². The van der Waals surface area contributed by atoms with Gasteiger partial charge in [-0.15, -0.1) is 0 Å². The number of esters is 1. The summed E-state index contributed by atoms with van der Waals surface area (Å²) in [5, 5.41) is 15.6. The lowest BCUT2D eigenvalue weighted by Gasteiger charge is -2.31. The van der Waals surface area contributed by atoms with E-state index >= 15 is 0 Å². The molecule has 2 N–H and O–H groups in total. The first kappa shape index (κ1) is 26.3. The highest BCUT2D eigenvalue weighted by Crippen LogP contribution is 2.24. The van der Waals surface area contributed by atoms with E-state index in [0.29, 0.717) is 0 Å². The average Bonchev–Trinajstić information content (AvgIpc) is 2.69. The van der Waals surface area contributed by atoms with Crippen LogP contribution >= 0.6 is 0 Å². The van der Waals surface area contributed by atoms with E-state index in [1.807, 2.05) is 0 Å². The first-order valence-corrected chi connectivity index (χ1v) is 9.82. The van der Waals surface area contributed by atoms with Crippen molar-refractivity contribution in [3.8, 4) is 0 Å². The third-order valence-corrected chi connectivity index (χ3v) is 3.85. The predicted molar refractivity (Wildman–Crippen MR) is 114 cm³/mol. The molecule has 0 bridgehead atoms. The van der Waals surface area contributed by atoms with E-state index in [1.54, 1.807) is 27.7 Å². The molecule has 0 fully saturated rings. The number of nitro groups is 1. The molecular formula is C20H28N4O8. The molecule has 3 amide bonds. The van der Waals surface area contributed by atoms with E-state index < -0.39 is 47.0 Å². The zero-order chi connectivity index (χ0) is 24.5. The van der Waals surface area contributed by atoms with Crippen molar-refractivity contribution in [2.75, 3.05) is 24.6 Å². The van der Waals surface area contributed by atoms with E-state index in [2.05, 4.69) is 15.4 Å². The molecule has 1 rings (SSSR count). The van der Waals surface area contributed by atoms with Crippen molar-refractivity contribution in [1.82, 2.24) is 10.6 Å². The fourth-order valence-electron chi connectivity index (χ4n) is 2.41. The molecule has 0 heterocycles. The monoisotopic (exact) mass is 452 g/mol. The number of ether oxygens (including phenoxy) is 2. The molecule has 0 aliphatic heterocycles. The zero-order valence-corrected chi connectivity index (χ0v) is 18.7. The van der Waals surface area contributed by atoms with Gasteiger partial charge in [-0.2, -0.15) is 0 Å². The van der Waals surface area contributed by atoms with E-state index in [-0.39, 0.29) is 24.5 Å². The highest BCUT2D eigenvalue weighted by molar-refractivity contribution is 5.98. The maximum atomic E-state index is 12.8. The van der Waals surface area contributed by atoms with Crippen LogP contribution in [-0.2, 0) is 23.9 Å². The van der Waals surface area contributed by atoms with Crippen LogP contribution in [0.25, 0.3) is 0 Å². The number of nitro benzene ring substituents is 1. The quantitative estimate of drug-likeness (QED) is 0.324. The number of hydrogen-bond acceptors (Lipinski definition) is 8. The van der Waals surface area contributed by atoms with Gasteiger partial charge in [-0.05, 0) is 46.8 Å². The van der Waals surface area contributed by atoms with Crippen LogP contribution in [0.5, 0.6) is 0 Å². The number of benzene rings is 1. The number of nitrogens with one attached hydrogen (secondary N) is 2. The second kappa shape index (κ2) is 11.6. The molecule has 176 valence electrons. The molecule has 12 heteroatoms. The SMILES string of the molecule is CCOC(=O)CNC(=O)CNC(=O)[C@H](C)N(C(=O)OC(C)(C)C)c1ccc([N+](=O)[O-])cc1. The first-order valence-electron chi connectivity index (χ1n) is 9.82. The molecule has 0 aliphatic rings. The van der Waals surface area contributed by atoms with Gasteiger partial charge in [0.25, 0.3) is 5.69 Å². The van der Waals surface area contributed by atoms with Crippen molar-refractivity contribution in [1.29, 1.82) is 0 Å². The van der Waals surface area contributed by atoms with Crippen molar-refractivity contribution in [2.45, 2.75) is 46.3 Å². The Hall–Kier alpha value is -3.70. The summed E-state index contributed by atoms with van der Waals surface area (Å²) in [5.41, 5.74) is -0.855. The van der Waals surface area contributed by atoms with Gasteiger partial charge in [0.15, 0.2) is 0 Å². The summed E-state index contributed by atoms with van der Waals surface area (Å²) in [7, 11) is 0. The van der Waals surface area contributed by atoms with Crippen molar-refractivity contribution in [3.05, 3.63) is 34.4 Å². The lowest BCUT2D eigenvalue weighted by molar-refractivity contribution is -0.384. The van der Waals surface area contributed by atoms with Crippen molar-refractivity contribution in [3.63, 3.8) is 0 Å². The van der Waals surface area contributed by atoms with Gasteiger partial charge in [0.05, 0.1) is 18.1 Å². The van der Waals surface area contributed by atoms with Gasteiger partial charge in [0, 0.05) is 17.8 Å². The molecule has 0 aliphatic carbocycles. The van der Waals surface area contributed by atoms with Crippen LogP contribution in [-0.4, -0.2) is 60.1 Å². The minimum atomic E-state index is -1.12. The fourth-order valence-corrected chi connectivity index (χ4v) is 2.41. The Morgan fingerprint density at radius 2 is 1.69 bits per heavy atom. The van der Waals surface area contributed by atoms with Crippen LogP contribution in [0.2, 0.25) is 0 Å². The minimum absolute atomic E-state index is 0.173. The zero-order valence-electron chi connectivity index (χ0n) is 18.7. The van der Waals surface area contributed by atoms with Crippen LogP contribution < -0.4 is 15.5 Å². The summed E-state index contributed by atoms with van der Waals surface area (Å²) >= 11 is 0. The Balaban J connectivity index is 2.92. The molecular weight excluding hydrogens is 424 g/mol. The van der Waals surface area contributed by atoms with E-state index in [0.717, 1.165) is 4.90 Å². The highest BCUT2D eigenvalue weighted by Gasteiger charge is 2.31. The maximum Gasteiger partial charge on any atom is 0.415 e. The number of nitrogens with zero attached hydrogens (tertiary/aromatic N) is 2. The second-order valence-corrected chi connectivity index (χ2v) is 7.60. The standard InChI is InChI=1S/C20H28N4O8/c1-6-31-17(26)12-21-16(25)11-22-18(27)13(2)23(19(28)32-20(3,4)5)14-7-9-15(10-8-14)24(29)30/h7-10,13H,6,11-12H2,1-5H3,(H,21,25)(H,22,27)/t13-/m0/s1. The molecule has 0 aromatic heterocycles. The van der Waals surface area contributed by atoms with Gasteiger partial charge in [-0.25, -0.2) is 4.79 Å². The predicted octanol–water partition coefficient (Wildman–Crippen LogP) is 1.52. The summed E-state index contributed by atoms with van der Waals surface area (Å²) in [4.78, 5) is 59.8. The van der Waals surface area contributed by atoms with E-state index in [9.17, 15) is 29.3 Å². The van der Waals surface area contributed by atoms with Crippen LogP contribution in [0.4, 0.5) is 16.2 Å². The third-order valence-electron chi connectivity index (χ3n) is 3.85. The van der Waals surface area contributed by atoms with Crippen LogP contribution in [0, 0.1) is 10.1 Å². The second-order valence-electron chi connectivity index (χ2n) is 7.60. The lowest BCUT2D eigenvalue weighted by atomic mass is 10.2. The smallest absolute Gasteiger partial charge is 0.415 e. The van der Waals surface area contributed by atoms with Crippen LogP contribution in [0.1, 0.15) is 34.6 Å². The van der Waals surface area contributed by atoms with Crippen molar-refractivity contribution >= 4 is 35.3 Å². The topological polar surface area (TPSA) is 157 Å². The number of carbonyl (C=O) groups is 4. The molecule has 0 saturated heterocycles. The number of rotatable bonds is 9. The van der Waals surface area contributed by atoms with Crippen molar-refractivity contribution in [2.24, 2.45) is 0 Å². The Labute approximate surface area is 185 Å². The van der Waals surface area contributed by atoms with E-state index in [4.69, 9.17) is 4.74 Å². The Morgan fingerprint density at radius 1 is 1.09 bits per heavy atom. The molecule has 1 aromatic carbocycles. The highest BCUT2D eigenvalue weighted by atomic mass is 16.6. The molecule has 32 heavy (non-hydrogen) atoms. The molecule has 1 atom stereocenters. The number of hydrogen-bond donors (Lipinski definition) is 2. The lowest BCUT2D eigenvalue weighted by Crippen LogP contribution is -2.51. The summed E-state index contributed by atoms with van der Waals surface area (Å²) in [6.45, 7) is 7.38. The van der Waals surface area contributed by atoms with Crippen molar-refractivity contribution < 1.29 is 33.6 Å². The number of carbonyl (C=O) groups excluding carboxylic acids is 4. The number of non-ortho nitro benzene ring substituents is 1. The average molecular weight is 452 g/mol. The minimum Gasteiger partial charge on any atom is -0.465 e. The summed E-state index contributed by atoms with van der Waals surface area (Å²) < 4.78 is 10.0. The third kappa shape index (κ3) is 8.58. The normalized spacial score (nSPS) is 11.7. The van der Waals surface area contributed by atoms with Gasteiger partial charge < -0.3 is 20.1 Å². The van der Waals surface area contributed by atoms with Crippen LogP contribution in [0.3, 0.4) is 0 Å². The largest absolute Gasteiger partial charge is 0.465 e. The summed E-state index contributed by atoms with van der Waals surface area (Å²) in [6, 6.07) is 3.90. The number of amides is 3. The summed E-state index contributed by atoms with van der Waals surface area (Å²) in [6.07, 6.45) is -0.847. The molecule has 0 spiro atoms. The molecule has 1 aromatic rings. The van der Waals surface area contributed by atoms with Gasteiger partial charge >= 0.3 is 12.1 Å². The Kier molecular flexibility index (Phi) is 9.57. The maximum absolute atomic E-state index is 12.8. The fraction of sp³-hybridized carbons (Fsp3) is 0.500. The number of anilines is 1. The molecule has 12 nitrogen and oxygen atoms in total. The molecule has 0 saturated carbocycles. The summed E-state index contributed by atoms with van der Waals surface area (Å²) in [5.74, 6) is -1.92. The Morgan fingerprint density at radius 3 is 2.19 bits per heavy atom. The van der Waals surface area contributed by atoms with Gasteiger partial charge in [-0.1, -0.05) is 0 Å². The van der Waals surface area contributed by atoms with E-state index in [1.165, 1.54) is 31.2 Å². The molecule has 0 radical (unpaired) electrons. The Bertz CT molecular complexity index is 848. The van der Waals surface area contributed by atoms with Gasteiger partial charge in [-0.3, -0.25) is 29.4 Å². The molecule has 0 unspecified atom stereocenters.